The summed E-state index contributed by atoms with van der Waals surface area (Å²) in [5.74, 6) is 0.364. The second kappa shape index (κ2) is 6.34. The standard InChI is InChI=1S/C14H24O4/c1-8(2)6-10(5)13-11(7-12(15)18-13)17-14(16)9(3)4/h8,10-13,15H,3,6-7H2,1-2,4-5H3. The quantitative estimate of drug-likeness (QED) is 0.605. The van der Waals surface area contributed by atoms with Crippen LogP contribution in [0.5, 0.6) is 0 Å². The van der Waals surface area contributed by atoms with Crippen molar-refractivity contribution in [1.82, 2.24) is 0 Å². The molecule has 1 heterocycles. The summed E-state index contributed by atoms with van der Waals surface area (Å²) in [6.07, 6.45) is -0.138. The van der Waals surface area contributed by atoms with Crippen LogP contribution in [0.1, 0.15) is 40.5 Å². The van der Waals surface area contributed by atoms with E-state index in [2.05, 4.69) is 27.4 Å². The van der Waals surface area contributed by atoms with E-state index in [1.54, 1.807) is 6.92 Å². The van der Waals surface area contributed by atoms with Crippen molar-refractivity contribution >= 4 is 5.97 Å². The van der Waals surface area contributed by atoms with Crippen molar-refractivity contribution < 1.29 is 19.4 Å². The third kappa shape index (κ3) is 4.10. The van der Waals surface area contributed by atoms with Gasteiger partial charge in [0.1, 0.15) is 12.2 Å². The van der Waals surface area contributed by atoms with Crippen LogP contribution in [0, 0.1) is 11.8 Å². The molecule has 0 aromatic carbocycles. The summed E-state index contributed by atoms with van der Waals surface area (Å²) in [7, 11) is 0. The van der Waals surface area contributed by atoms with E-state index in [9.17, 15) is 9.90 Å². The van der Waals surface area contributed by atoms with Crippen LogP contribution in [0.3, 0.4) is 0 Å². The van der Waals surface area contributed by atoms with Crippen LogP contribution in [-0.2, 0) is 14.3 Å². The van der Waals surface area contributed by atoms with Gasteiger partial charge in [-0.3, -0.25) is 0 Å². The summed E-state index contributed by atoms with van der Waals surface area (Å²) in [5, 5.41) is 9.57. The number of ether oxygens (including phenoxy) is 2. The van der Waals surface area contributed by atoms with E-state index >= 15 is 0 Å². The highest BCUT2D eigenvalue weighted by Crippen LogP contribution is 2.30. The summed E-state index contributed by atoms with van der Waals surface area (Å²) in [6.45, 7) is 11.5. The van der Waals surface area contributed by atoms with Gasteiger partial charge in [-0.05, 0) is 25.2 Å². The van der Waals surface area contributed by atoms with Crippen LogP contribution < -0.4 is 0 Å². The van der Waals surface area contributed by atoms with Gasteiger partial charge in [0.25, 0.3) is 0 Å². The molecule has 0 amide bonds. The Labute approximate surface area is 109 Å². The summed E-state index contributed by atoms with van der Waals surface area (Å²) in [4.78, 5) is 11.5. The van der Waals surface area contributed by atoms with E-state index < -0.39 is 12.3 Å². The zero-order chi connectivity index (χ0) is 13.9. The third-order valence-electron chi connectivity index (χ3n) is 3.13. The molecule has 4 atom stereocenters. The molecule has 1 aliphatic rings. The number of esters is 1. The highest BCUT2D eigenvalue weighted by molar-refractivity contribution is 5.87. The Morgan fingerprint density at radius 1 is 1.50 bits per heavy atom. The van der Waals surface area contributed by atoms with Gasteiger partial charge in [0, 0.05) is 12.0 Å². The SMILES string of the molecule is C=C(C)C(=O)OC1CC(O)OC1C(C)CC(C)C. The summed E-state index contributed by atoms with van der Waals surface area (Å²) < 4.78 is 10.8. The molecule has 0 spiro atoms. The molecule has 1 N–H and O–H groups in total. The summed E-state index contributed by atoms with van der Waals surface area (Å²) in [6, 6.07) is 0. The number of carbonyl (C=O) groups excluding carboxylic acids is 1. The van der Waals surface area contributed by atoms with Crippen LogP contribution in [0.15, 0.2) is 12.2 Å². The minimum absolute atomic E-state index is 0.231. The summed E-state index contributed by atoms with van der Waals surface area (Å²) >= 11 is 0. The molecule has 0 saturated carbocycles. The highest BCUT2D eigenvalue weighted by atomic mass is 16.6. The Morgan fingerprint density at radius 2 is 2.11 bits per heavy atom. The van der Waals surface area contributed by atoms with Crippen molar-refractivity contribution in [1.29, 1.82) is 0 Å². The zero-order valence-corrected chi connectivity index (χ0v) is 11.7. The smallest absolute Gasteiger partial charge is 0.333 e. The lowest BCUT2D eigenvalue weighted by molar-refractivity contribution is -0.151. The zero-order valence-electron chi connectivity index (χ0n) is 11.7. The first kappa shape index (κ1) is 15.2. The predicted octanol–water partition coefficient (Wildman–Crippen LogP) is 2.26. The first-order valence-corrected chi connectivity index (χ1v) is 6.51. The maximum atomic E-state index is 11.5. The minimum Gasteiger partial charge on any atom is -0.456 e. The normalized spacial score (nSPS) is 29.3. The molecule has 0 aromatic rings. The first-order chi connectivity index (χ1) is 8.31. The molecule has 0 radical (unpaired) electrons. The minimum atomic E-state index is -0.840. The molecule has 1 aliphatic heterocycles. The van der Waals surface area contributed by atoms with Gasteiger partial charge in [-0.15, -0.1) is 0 Å². The average molecular weight is 256 g/mol. The highest BCUT2D eigenvalue weighted by Gasteiger charge is 2.40. The van der Waals surface area contributed by atoms with Crippen LogP contribution in [0.2, 0.25) is 0 Å². The molecule has 0 aromatic heterocycles. The number of hydrogen-bond donors (Lipinski definition) is 1. The van der Waals surface area contributed by atoms with Gasteiger partial charge >= 0.3 is 5.97 Å². The fourth-order valence-electron chi connectivity index (χ4n) is 2.39. The number of aliphatic hydroxyl groups is 1. The molecule has 0 aliphatic carbocycles. The third-order valence-corrected chi connectivity index (χ3v) is 3.13. The van der Waals surface area contributed by atoms with Crippen molar-refractivity contribution in [2.45, 2.75) is 59.0 Å². The molecule has 1 fully saturated rings. The largest absolute Gasteiger partial charge is 0.456 e. The number of hydrogen-bond acceptors (Lipinski definition) is 4. The fraction of sp³-hybridized carbons (Fsp3) is 0.786. The fourth-order valence-corrected chi connectivity index (χ4v) is 2.39. The molecule has 1 saturated heterocycles. The van der Waals surface area contributed by atoms with Crippen molar-refractivity contribution in [3.8, 4) is 0 Å². The van der Waals surface area contributed by atoms with E-state index in [1.165, 1.54) is 0 Å². The molecule has 18 heavy (non-hydrogen) atoms. The number of carbonyl (C=O) groups is 1. The Hall–Kier alpha value is -0.870. The van der Waals surface area contributed by atoms with Gasteiger partial charge in [0.2, 0.25) is 0 Å². The maximum absolute atomic E-state index is 11.5. The Bertz CT molecular complexity index is 311. The lowest BCUT2D eigenvalue weighted by Gasteiger charge is -2.25. The van der Waals surface area contributed by atoms with Gasteiger partial charge in [0.15, 0.2) is 6.29 Å². The molecule has 4 unspecified atom stereocenters. The van der Waals surface area contributed by atoms with E-state index in [0.717, 1.165) is 6.42 Å². The monoisotopic (exact) mass is 256 g/mol. The number of rotatable bonds is 5. The van der Waals surface area contributed by atoms with Crippen LogP contribution in [0.25, 0.3) is 0 Å². The van der Waals surface area contributed by atoms with E-state index in [1.807, 2.05) is 0 Å². The van der Waals surface area contributed by atoms with Crippen LogP contribution >= 0.6 is 0 Å². The second-order valence-electron chi connectivity index (χ2n) is 5.62. The average Bonchev–Trinajstić information content (AvgIpc) is 2.58. The lowest BCUT2D eigenvalue weighted by atomic mass is 9.91. The van der Waals surface area contributed by atoms with Crippen LogP contribution in [-0.4, -0.2) is 29.6 Å². The van der Waals surface area contributed by atoms with Gasteiger partial charge in [0.05, 0.1) is 0 Å². The first-order valence-electron chi connectivity index (χ1n) is 6.51. The molecular weight excluding hydrogens is 232 g/mol. The molecule has 1 rings (SSSR count). The second-order valence-corrected chi connectivity index (χ2v) is 5.62. The van der Waals surface area contributed by atoms with E-state index in [0.29, 0.717) is 17.9 Å². The Kier molecular flexibility index (Phi) is 5.35. The number of aliphatic hydroxyl groups excluding tert-OH is 1. The van der Waals surface area contributed by atoms with Crippen molar-refractivity contribution in [2.75, 3.05) is 0 Å². The van der Waals surface area contributed by atoms with Crippen LogP contribution in [0.4, 0.5) is 0 Å². The van der Waals surface area contributed by atoms with Gasteiger partial charge < -0.3 is 14.6 Å². The van der Waals surface area contributed by atoms with Crippen molar-refractivity contribution in [3.63, 3.8) is 0 Å². The van der Waals surface area contributed by atoms with E-state index in [-0.39, 0.29) is 18.1 Å². The lowest BCUT2D eigenvalue weighted by Crippen LogP contribution is -2.33. The van der Waals surface area contributed by atoms with Gasteiger partial charge in [-0.25, -0.2) is 4.79 Å². The van der Waals surface area contributed by atoms with Crippen molar-refractivity contribution in [3.05, 3.63) is 12.2 Å². The van der Waals surface area contributed by atoms with E-state index in [4.69, 9.17) is 9.47 Å². The molecule has 104 valence electrons. The molecule has 4 heteroatoms. The Balaban J connectivity index is 2.64. The van der Waals surface area contributed by atoms with Crippen molar-refractivity contribution in [2.24, 2.45) is 11.8 Å². The van der Waals surface area contributed by atoms with Gasteiger partial charge in [-0.2, -0.15) is 0 Å². The summed E-state index contributed by atoms with van der Waals surface area (Å²) in [5.41, 5.74) is 0.367. The molecule has 0 bridgehead atoms. The Morgan fingerprint density at radius 3 is 2.61 bits per heavy atom. The maximum Gasteiger partial charge on any atom is 0.333 e. The topological polar surface area (TPSA) is 55.8 Å². The molecule has 4 nitrogen and oxygen atoms in total. The van der Waals surface area contributed by atoms with Gasteiger partial charge in [-0.1, -0.05) is 27.4 Å². The molecular formula is C14H24O4. The predicted molar refractivity (Wildman–Crippen MR) is 68.8 cm³/mol.